The molecular weight excluding hydrogens is 122 g/mol. The van der Waals surface area contributed by atoms with Crippen LogP contribution in [0.1, 0.15) is 33.1 Å². The van der Waals surface area contributed by atoms with Gasteiger partial charge in [-0.2, -0.15) is 0 Å². The summed E-state index contributed by atoms with van der Waals surface area (Å²) in [6.45, 7) is 6.96. The van der Waals surface area contributed by atoms with Gasteiger partial charge in [0, 0.05) is 6.04 Å². The highest BCUT2D eigenvalue weighted by atomic mass is 15.1. The molecule has 0 aromatic rings. The second-order valence-electron chi connectivity index (χ2n) is 3.03. The molecule has 1 rings (SSSR count). The van der Waals surface area contributed by atoms with Crippen molar-refractivity contribution in [3.05, 3.63) is 6.42 Å². The number of hydrogen-bond donors (Lipinski definition) is 0. The van der Waals surface area contributed by atoms with Gasteiger partial charge in [0.2, 0.25) is 0 Å². The molecular formula is C9H18N. The molecule has 1 radical (unpaired) electrons. The fourth-order valence-electron chi connectivity index (χ4n) is 1.79. The van der Waals surface area contributed by atoms with Gasteiger partial charge >= 0.3 is 0 Å². The van der Waals surface area contributed by atoms with Gasteiger partial charge in [0.25, 0.3) is 0 Å². The Bertz CT molecular complexity index is 78.7. The monoisotopic (exact) mass is 140 g/mol. The van der Waals surface area contributed by atoms with Gasteiger partial charge in [0.15, 0.2) is 0 Å². The summed E-state index contributed by atoms with van der Waals surface area (Å²) in [7, 11) is 0. The first-order chi connectivity index (χ1) is 4.88. The molecule has 0 spiro atoms. The Hall–Kier alpha value is -0.0400. The van der Waals surface area contributed by atoms with Gasteiger partial charge in [0.05, 0.1) is 0 Å². The second kappa shape index (κ2) is 3.97. The van der Waals surface area contributed by atoms with Crippen molar-refractivity contribution in [1.29, 1.82) is 0 Å². The van der Waals surface area contributed by atoms with Gasteiger partial charge in [-0.25, -0.2) is 0 Å². The van der Waals surface area contributed by atoms with Crippen LogP contribution in [0, 0.1) is 6.42 Å². The summed E-state index contributed by atoms with van der Waals surface area (Å²) in [5.41, 5.74) is 0. The van der Waals surface area contributed by atoms with Gasteiger partial charge in [-0.3, -0.25) is 0 Å². The Balaban J connectivity index is 2.34. The van der Waals surface area contributed by atoms with Crippen LogP contribution < -0.4 is 0 Å². The van der Waals surface area contributed by atoms with Crippen LogP contribution in [0.3, 0.4) is 0 Å². The maximum Gasteiger partial charge on any atom is 0.0124 e. The van der Waals surface area contributed by atoms with Crippen molar-refractivity contribution in [2.45, 2.75) is 39.2 Å². The minimum Gasteiger partial charge on any atom is -0.300 e. The predicted octanol–water partition coefficient (Wildman–Crippen LogP) is 2.08. The van der Waals surface area contributed by atoms with E-state index in [-0.39, 0.29) is 0 Å². The van der Waals surface area contributed by atoms with E-state index < -0.39 is 0 Å². The molecule has 0 bridgehead atoms. The Morgan fingerprint density at radius 1 is 1.50 bits per heavy atom. The average molecular weight is 140 g/mol. The van der Waals surface area contributed by atoms with E-state index in [1.54, 1.807) is 0 Å². The highest BCUT2D eigenvalue weighted by Gasteiger charge is 2.18. The molecule has 1 fully saturated rings. The number of likely N-dealkylation sites (tertiary alicyclic amines) is 1. The maximum absolute atomic E-state index is 2.56. The van der Waals surface area contributed by atoms with E-state index >= 15 is 0 Å². The summed E-state index contributed by atoms with van der Waals surface area (Å²) < 4.78 is 0. The summed E-state index contributed by atoms with van der Waals surface area (Å²) in [6, 6.07) is 0.777. The minimum absolute atomic E-state index is 0.777. The third-order valence-electron chi connectivity index (χ3n) is 2.46. The normalized spacial score (nSPS) is 28.8. The molecule has 0 amide bonds. The van der Waals surface area contributed by atoms with Crippen molar-refractivity contribution < 1.29 is 0 Å². The van der Waals surface area contributed by atoms with Gasteiger partial charge in [-0.1, -0.05) is 20.3 Å². The van der Waals surface area contributed by atoms with E-state index in [9.17, 15) is 0 Å². The quantitative estimate of drug-likeness (QED) is 0.567. The number of nitrogens with zero attached hydrogens (tertiary/aromatic N) is 1. The summed E-state index contributed by atoms with van der Waals surface area (Å²) >= 11 is 0. The first-order valence-electron chi connectivity index (χ1n) is 4.42. The molecule has 0 N–H and O–H groups in total. The Labute approximate surface area is 64.4 Å². The highest BCUT2D eigenvalue weighted by Crippen LogP contribution is 2.17. The Morgan fingerprint density at radius 3 is 2.80 bits per heavy atom. The van der Waals surface area contributed by atoms with Gasteiger partial charge < -0.3 is 4.90 Å². The third-order valence-corrected chi connectivity index (χ3v) is 2.46. The van der Waals surface area contributed by atoms with Crippen molar-refractivity contribution >= 4 is 0 Å². The number of piperidine rings is 1. The van der Waals surface area contributed by atoms with Crippen LogP contribution in [-0.2, 0) is 0 Å². The molecule has 1 atom stereocenters. The minimum atomic E-state index is 0.777. The molecule has 1 unspecified atom stereocenters. The summed E-state index contributed by atoms with van der Waals surface area (Å²) in [5, 5.41) is 0. The molecule has 1 aliphatic heterocycles. The largest absolute Gasteiger partial charge is 0.300 e. The van der Waals surface area contributed by atoms with Crippen LogP contribution in [0.2, 0.25) is 0 Å². The number of rotatable bonds is 2. The van der Waals surface area contributed by atoms with Crippen LogP contribution in [0.15, 0.2) is 0 Å². The fraction of sp³-hybridized carbons (Fsp3) is 0.889. The molecule has 1 saturated heterocycles. The maximum atomic E-state index is 2.56. The smallest absolute Gasteiger partial charge is 0.0124 e. The van der Waals surface area contributed by atoms with Gasteiger partial charge in [-0.05, 0) is 32.4 Å². The molecule has 1 nitrogen and oxygen atoms in total. The second-order valence-corrected chi connectivity index (χ2v) is 3.03. The fourth-order valence-corrected chi connectivity index (χ4v) is 1.79. The third kappa shape index (κ3) is 1.72. The van der Waals surface area contributed by atoms with E-state index in [0.29, 0.717) is 0 Å². The zero-order valence-corrected chi connectivity index (χ0v) is 7.14. The zero-order chi connectivity index (χ0) is 7.40. The lowest BCUT2D eigenvalue weighted by molar-refractivity contribution is 0.178. The molecule has 1 heterocycles. The van der Waals surface area contributed by atoms with E-state index in [1.165, 1.54) is 32.4 Å². The van der Waals surface area contributed by atoms with Crippen molar-refractivity contribution in [3.8, 4) is 0 Å². The van der Waals surface area contributed by atoms with Crippen molar-refractivity contribution in [2.24, 2.45) is 0 Å². The number of hydrogen-bond acceptors (Lipinski definition) is 1. The lowest BCUT2D eigenvalue weighted by atomic mass is 10.0. The lowest BCUT2D eigenvalue weighted by Crippen LogP contribution is -2.38. The summed E-state index contributed by atoms with van der Waals surface area (Å²) in [5.74, 6) is 0. The zero-order valence-electron chi connectivity index (χ0n) is 7.14. The van der Waals surface area contributed by atoms with Crippen LogP contribution in [0.4, 0.5) is 0 Å². The first kappa shape index (κ1) is 8.06. The predicted molar refractivity (Wildman–Crippen MR) is 44.9 cm³/mol. The van der Waals surface area contributed by atoms with E-state index in [1.807, 2.05) is 0 Å². The Kier molecular flexibility index (Phi) is 3.20. The lowest BCUT2D eigenvalue weighted by Gasteiger charge is -2.33. The van der Waals surface area contributed by atoms with E-state index in [4.69, 9.17) is 0 Å². The SMILES string of the molecule is C[CH]C1CCCCN1CC. The van der Waals surface area contributed by atoms with Gasteiger partial charge in [-0.15, -0.1) is 0 Å². The molecule has 0 saturated carbocycles. The molecule has 0 aromatic heterocycles. The van der Waals surface area contributed by atoms with Crippen LogP contribution >= 0.6 is 0 Å². The first-order valence-corrected chi connectivity index (χ1v) is 4.42. The molecule has 0 aromatic carbocycles. The van der Waals surface area contributed by atoms with Crippen molar-refractivity contribution in [1.82, 2.24) is 4.90 Å². The molecule has 1 heteroatoms. The van der Waals surface area contributed by atoms with Crippen LogP contribution in [0.25, 0.3) is 0 Å². The summed E-state index contributed by atoms with van der Waals surface area (Å²) in [4.78, 5) is 2.56. The average Bonchev–Trinajstić information content (AvgIpc) is 2.04. The Morgan fingerprint density at radius 2 is 2.30 bits per heavy atom. The van der Waals surface area contributed by atoms with Gasteiger partial charge in [0.1, 0.15) is 0 Å². The summed E-state index contributed by atoms with van der Waals surface area (Å²) in [6.07, 6.45) is 6.54. The molecule has 59 valence electrons. The van der Waals surface area contributed by atoms with E-state index in [0.717, 1.165) is 6.04 Å². The molecule has 1 aliphatic rings. The topological polar surface area (TPSA) is 3.24 Å². The molecule has 0 aliphatic carbocycles. The van der Waals surface area contributed by atoms with Crippen LogP contribution in [-0.4, -0.2) is 24.0 Å². The molecule has 10 heavy (non-hydrogen) atoms. The highest BCUT2D eigenvalue weighted by molar-refractivity contribution is 4.84. The van der Waals surface area contributed by atoms with Crippen molar-refractivity contribution in [3.63, 3.8) is 0 Å². The van der Waals surface area contributed by atoms with Crippen molar-refractivity contribution in [2.75, 3.05) is 13.1 Å². The standard InChI is InChI=1S/C9H18N/c1-3-9-7-5-6-8-10(9)4-2/h3,9H,4-8H2,1-2H3. The van der Waals surface area contributed by atoms with Crippen LogP contribution in [0.5, 0.6) is 0 Å². The van der Waals surface area contributed by atoms with E-state index in [2.05, 4.69) is 25.2 Å².